The van der Waals surface area contributed by atoms with Gasteiger partial charge in [0, 0.05) is 31.3 Å². The standard InChI is InChI=1S/C20H24N4O2S/c25-18(16-7-4-10-26-16)21-17-14-8-9-15(17)12-24(11-14)20-23-22-19(27-20)13-5-2-1-3-6-13/h1-3,5-6,14-17H,4,7-12H2,(H,21,25)/t14-,15+,16?,17?. The Kier molecular flexibility index (Phi) is 4.57. The van der Waals surface area contributed by atoms with Crippen molar-refractivity contribution in [3.8, 4) is 10.6 Å². The van der Waals surface area contributed by atoms with Crippen molar-refractivity contribution in [1.29, 1.82) is 0 Å². The summed E-state index contributed by atoms with van der Waals surface area (Å²) < 4.78 is 5.54. The zero-order chi connectivity index (χ0) is 18.2. The molecule has 3 aliphatic rings. The summed E-state index contributed by atoms with van der Waals surface area (Å²) in [5, 5.41) is 14.1. The van der Waals surface area contributed by atoms with Crippen LogP contribution in [0.2, 0.25) is 0 Å². The molecule has 1 saturated carbocycles. The van der Waals surface area contributed by atoms with Gasteiger partial charge >= 0.3 is 0 Å². The summed E-state index contributed by atoms with van der Waals surface area (Å²) in [4.78, 5) is 14.8. The quantitative estimate of drug-likeness (QED) is 0.878. The minimum atomic E-state index is -0.237. The van der Waals surface area contributed by atoms with E-state index in [0.717, 1.165) is 41.6 Å². The number of nitrogens with one attached hydrogen (secondary N) is 1. The molecule has 0 spiro atoms. The number of hydrogen-bond donors (Lipinski definition) is 1. The van der Waals surface area contributed by atoms with Gasteiger partial charge in [-0.25, -0.2) is 0 Å². The maximum Gasteiger partial charge on any atom is 0.249 e. The van der Waals surface area contributed by atoms with Gasteiger partial charge in [-0.2, -0.15) is 0 Å². The summed E-state index contributed by atoms with van der Waals surface area (Å²) >= 11 is 1.66. The van der Waals surface area contributed by atoms with E-state index in [1.807, 2.05) is 18.2 Å². The Hall–Kier alpha value is -1.99. The Bertz CT molecular complexity index is 791. The van der Waals surface area contributed by atoms with Gasteiger partial charge in [-0.05, 0) is 37.5 Å². The molecule has 142 valence electrons. The number of benzene rings is 1. The monoisotopic (exact) mass is 384 g/mol. The fraction of sp³-hybridized carbons (Fsp3) is 0.550. The number of aromatic nitrogens is 2. The average Bonchev–Trinajstić information content (AvgIpc) is 3.43. The van der Waals surface area contributed by atoms with E-state index in [1.54, 1.807) is 11.3 Å². The van der Waals surface area contributed by atoms with Crippen LogP contribution >= 0.6 is 11.3 Å². The molecule has 1 N–H and O–H groups in total. The van der Waals surface area contributed by atoms with Gasteiger partial charge in [0.2, 0.25) is 11.0 Å². The lowest BCUT2D eigenvalue weighted by Crippen LogP contribution is -2.54. The third-order valence-corrected chi connectivity index (χ3v) is 7.10. The molecule has 27 heavy (non-hydrogen) atoms. The van der Waals surface area contributed by atoms with E-state index in [-0.39, 0.29) is 18.1 Å². The number of rotatable bonds is 4. The SMILES string of the molecule is O=C(NC1[C@@H]2CC[C@H]1CN(c1nnc(-c3ccccc3)s1)C2)C1CCCO1. The van der Waals surface area contributed by atoms with Crippen LogP contribution in [-0.2, 0) is 9.53 Å². The molecule has 3 fully saturated rings. The second kappa shape index (κ2) is 7.20. The highest BCUT2D eigenvalue weighted by atomic mass is 32.1. The van der Waals surface area contributed by atoms with Crippen LogP contribution in [0.1, 0.15) is 25.7 Å². The molecule has 3 heterocycles. The maximum absolute atomic E-state index is 12.5. The van der Waals surface area contributed by atoms with Gasteiger partial charge in [-0.3, -0.25) is 4.79 Å². The zero-order valence-electron chi connectivity index (χ0n) is 15.2. The summed E-state index contributed by atoms with van der Waals surface area (Å²) in [5.74, 6) is 1.06. The first-order valence-corrected chi connectivity index (χ1v) is 10.7. The van der Waals surface area contributed by atoms with Gasteiger partial charge in [0.1, 0.15) is 11.1 Å². The molecule has 2 aromatic rings. The van der Waals surface area contributed by atoms with E-state index in [1.165, 1.54) is 12.8 Å². The lowest BCUT2D eigenvalue weighted by Gasteiger charge is -2.38. The molecule has 1 amide bonds. The van der Waals surface area contributed by atoms with Crippen molar-refractivity contribution in [1.82, 2.24) is 15.5 Å². The van der Waals surface area contributed by atoms with Crippen LogP contribution < -0.4 is 10.2 Å². The molecular formula is C20H24N4O2S. The first-order chi connectivity index (χ1) is 13.3. The third kappa shape index (κ3) is 3.34. The summed E-state index contributed by atoms with van der Waals surface area (Å²) in [5.41, 5.74) is 1.11. The van der Waals surface area contributed by atoms with Gasteiger partial charge in [-0.15, -0.1) is 10.2 Å². The Morgan fingerprint density at radius 1 is 1.11 bits per heavy atom. The molecule has 4 atom stereocenters. The van der Waals surface area contributed by atoms with Crippen molar-refractivity contribution in [3.63, 3.8) is 0 Å². The highest BCUT2D eigenvalue weighted by molar-refractivity contribution is 7.18. The minimum Gasteiger partial charge on any atom is -0.368 e. The average molecular weight is 385 g/mol. The zero-order valence-corrected chi connectivity index (χ0v) is 16.0. The maximum atomic E-state index is 12.5. The molecule has 2 unspecified atom stereocenters. The number of anilines is 1. The number of amides is 1. The lowest BCUT2D eigenvalue weighted by molar-refractivity contribution is -0.131. The molecule has 1 aromatic heterocycles. The number of ether oxygens (including phenoxy) is 1. The molecule has 2 aliphatic heterocycles. The fourth-order valence-corrected chi connectivity index (χ4v) is 5.57. The van der Waals surface area contributed by atoms with Crippen LogP contribution in [0.15, 0.2) is 30.3 Å². The van der Waals surface area contributed by atoms with Crippen molar-refractivity contribution in [2.45, 2.75) is 37.8 Å². The Labute approximate surface area is 162 Å². The van der Waals surface area contributed by atoms with E-state index in [4.69, 9.17) is 4.74 Å². The van der Waals surface area contributed by atoms with Crippen molar-refractivity contribution in [3.05, 3.63) is 30.3 Å². The lowest BCUT2D eigenvalue weighted by atomic mass is 9.92. The number of nitrogens with zero attached hydrogens (tertiary/aromatic N) is 3. The smallest absolute Gasteiger partial charge is 0.249 e. The van der Waals surface area contributed by atoms with Gasteiger partial charge in [-0.1, -0.05) is 41.7 Å². The van der Waals surface area contributed by atoms with Crippen molar-refractivity contribution in [2.24, 2.45) is 11.8 Å². The molecule has 7 heteroatoms. The minimum absolute atomic E-state index is 0.0881. The predicted molar refractivity (Wildman–Crippen MR) is 105 cm³/mol. The molecule has 5 rings (SSSR count). The molecule has 0 radical (unpaired) electrons. The Balaban J connectivity index is 1.26. The Morgan fingerprint density at radius 2 is 1.89 bits per heavy atom. The van der Waals surface area contributed by atoms with Crippen LogP contribution in [-0.4, -0.2) is 47.9 Å². The van der Waals surface area contributed by atoms with Gasteiger partial charge in [0.25, 0.3) is 0 Å². The van der Waals surface area contributed by atoms with Crippen molar-refractivity contribution < 1.29 is 9.53 Å². The van der Waals surface area contributed by atoms with Gasteiger partial charge in [0.15, 0.2) is 0 Å². The number of fused-ring (bicyclic) bond motifs is 2. The third-order valence-electron chi connectivity index (χ3n) is 6.07. The van der Waals surface area contributed by atoms with Gasteiger partial charge < -0.3 is 15.0 Å². The predicted octanol–water partition coefficient (Wildman–Crippen LogP) is 2.72. The van der Waals surface area contributed by atoms with E-state index >= 15 is 0 Å². The molecule has 2 saturated heterocycles. The first kappa shape index (κ1) is 17.1. The second-order valence-electron chi connectivity index (χ2n) is 7.79. The van der Waals surface area contributed by atoms with E-state index in [9.17, 15) is 4.79 Å². The van der Waals surface area contributed by atoms with Crippen LogP contribution in [0.25, 0.3) is 10.6 Å². The van der Waals surface area contributed by atoms with Crippen molar-refractivity contribution >= 4 is 22.4 Å². The highest BCUT2D eigenvalue weighted by Crippen LogP contribution is 2.40. The second-order valence-corrected chi connectivity index (χ2v) is 8.75. The van der Waals surface area contributed by atoms with E-state index in [2.05, 4.69) is 32.5 Å². The van der Waals surface area contributed by atoms with Gasteiger partial charge in [0.05, 0.1) is 0 Å². The molecule has 1 aliphatic carbocycles. The van der Waals surface area contributed by atoms with Crippen molar-refractivity contribution in [2.75, 3.05) is 24.6 Å². The molecule has 1 aromatic carbocycles. The fourth-order valence-electron chi connectivity index (χ4n) is 4.70. The summed E-state index contributed by atoms with van der Waals surface area (Å²) in [7, 11) is 0. The highest BCUT2D eigenvalue weighted by Gasteiger charge is 2.44. The topological polar surface area (TPSA) is 67.4 Å². The molecular weight excluding hydrogens is 360 g/mol. The van der Waals surface area contributed by atoms with Crippen LogP contribution in [0.3, 0.4) is 0 Å². The molecule has 2 bridgehead atoms. The van der Waals surface area contributed by atoms with E-state index in [0.29, 0.717) is 18.4 Å². The number of piperidine rings is 1. The Morgan fingerprint density at radius 3 is 2.59 bits per heavy atom. The summed E-state index contributed by atoms with van der Waals surface area (Å²) in [6.07, 6.45) is 3.94. The number of carbonyl (C=O) groups excluding carboxylic acids is 1. The largest absolute Gasteiger partial charge is 0.368 e. The summed E-state index contributed by atoms with van der Waals surface area (Å²) in [6.45, 7) is 2.59. The first-order valence-electron chi connectivity index (χ1n) is 9.84. The van der Waals surface area contributed by atoms with E-state index < -0.39 is 0 Å². The number of carbonyl (C=O) groups is 1. The van der Waals surface area contributed by atoms with Crippen LogP contribution in [0.5, 0.6) is 0 Å². The summed E-state index contributed by atoms with van der Waals surface area (Å²) in [6, 6.07) is 10.5. The molecule has 6 nitrogen and oxygen atoms in total. The van der Waals surface area contributed by atoms with Crippen LogP contribution in [0, 0.1) is 11.8 Å². The van der Waals surface area contributed by atoms with Crippen LogP contribution in [0.4, 0.5) is 5.13 Å². The normalized spacial score (nSPS) is 29.9. The number of hydrogen-bond acceptors (Lipinski definition) is 6.